The summed E-state index contributed by atoms with van der Waals surface area (Å²) in [4.78, 5) is 11.8. The summed E-state index contributed by atoms with van der Waals surface area (Å²) >= 11 is 0. The fourth-order valence-electron chi connectivity index (χ4n) is 3.80. The molecule has 0 aliphatic rings. The van der Waals surface area contributed by atoms with E-state index in [0.717, 1.165) is 19.3 Å². The zero-order chi connectivity index (χ0) is 22.8. The molecule has 0 spiro atoms. The van der Waals surface area contributed by atoms with Gasteiger partial charge in [-0.2, -0.15) is 0 Å². The Morgan fingerprint density at radius 2 is 1.03 bits per heavy atom. The van der Waals surface area contributed by atoms with Crippen LogP contribution in [0.15, 0.2) is 0 Å². The van der Waals surface area contributed by atoms with Crippen molar-refractivity contribution in [3.8, 4) is 0 Å². The molecular weight excluding hydrogens is 388 g/mol. The summed E-state index contributed by atoms with van der Waals surface area (Å²) in [7, 11) is 0. The fraction of sp³-hybridized carbons (Fsp3) is 0.963. The van der Waals surface area contributed by atoms with Gasteiger partial charge in [0.1, 0.15) is 12.7 Å². The predicted octanol–water partition coefficient (Wildman–Crippen LogP) is 7.75. The first kappa shape index (κ1) is 30.4. The molecule has 1 atom stereocenters. The maximum atomic E-state index is 11.8. The van der Waals surface area contributed by atoms with Crippen LogP contribution in [0.1, 0.15) is 142 Å². The zero-order valence-corrected chi connectivity index (χ0v) is 21.0. The molecule has 0 radical (unpaired) electrons. The van der Waals surface area contributed by atoms with Gasteiger partial charge in [-0.1, -0.05) is 123 Å². The van der Waals surface area contributed by atoms with E-state index in [1.54, 1.807) is 0 Å². The van der Waals surface area contributed by atoms with Crippen molar-refractivity contribution in [3.05, 3.63) is 0 Å². The summed E-state index contributed by atoms with van der Waals surface area (Å²) < 4.78 is 10.7. The molecule has 0 aliphatic heterocycles. The molecule has 0 bridgehead atoms. The van der Waals surface area contributed by atoms with Crippen molar-refractivity contribution in [3.63, 3.8) is 0 Å². The lowest BCUT2D eigenvalue weighted by Crippen LogP contribution is -2.24. The molecule has 0 saturated heterocycles. The lowest BCUT2D eigenvalue weighted by molar-refractivity contribution is -0.147. The Hall–Kier alpha value is -0.610. The van der Waals surface area contributed by atoms with Crippen LogP contribution in [0, 0.1) is 0 Å². The van der Waals surface area contributed by atoms with Gasteiger partial charge in [0.15, 0.2) is 0 Å². The van der Waals surface area contributed by atoms with Crippen LogP contribution in [0.3, 0.4) is 0 Å². The van der Waals surface area contributed by atoms with E-state index in [1.807, 2.05) is 0 Å². The molecule has 4 nitrogen and oxygen atoms in total. The molecule has 0 amide bonds. The molecule has 0 fully saturated rings. The molecule has 0 aliphatic carbocycles. The number of aliphatic hydroxyl groups excluding tert-OH is 1. The highest BCUT2D eigenvalue weighted by molar-refractivity contribution is 5.69. The van der Waals surface area contributed by atoms with Crippen LogP contribution in [0.4, 0.5) is 0 Å². The van der Waals surface area contributed by atoms with Gasteiger partial charge in [0, 0.05) is 13.0 Å². The molecule has 0 aromatic carbocycles. The van der Waals surface area contributed by atoms with Gasteiger partial charge in [0.2, 0.25) is 0 Å². The number of unbranched alkanes of at least 4 members (excludes halogenated alkanes) is 17. The number of hydrogen-bond acceptors (Lipinski definition) is 4. The number of carbonyl (C=O) groups excluding carboxylic acids is 1. The quantitative estimate of drug-likeness (QED) is 0.116. The van der Waals surface area contributed by atoms with E-state index >= 15 is 0 Å². The summed E-state index contributed by atoms with van der Waals surface area (Å²) in [6, 6.07) is 0. The third-order valence-electron chi connectivity index (χ3n) is 5.87. The van der Waals surface area contributed by atoms with Crippen LogP contribution in [0.2, 0.25) is 0 Å². The summed E-state index contributed by atoms with van der Waals surface area (Å²) in [5.41, 5.74) is 0. The summed E-state index contributed by atoms with van der Waals surface area (Å²) in [5, 5.41) is 9.89. The molecule has 0 rings (SSSR count). The van der Waals surface area contributed by atoms with E-state index in [0.29, 0.717) is 13.0 Å². The van der Waals surface area contributed by atoms with Crippen molar-refractivity contribution in [1.29, 1.82) is 0 Å². The third kappa shape index (κ3) is 25.5. The molecule has 4 heteroatoms. The molecule has 1 unspecified atom stereocenters. The van der Waals surface area contributed by atoms with Crippen LogP contribution in [0.5, 0.6) is 0 Å². The highest BCUT2D eigenvalue weighted by atomic mass is 16.5. The van der Waals surface area contributed by atoms with E-state index in [-0.39, 0.29) is 19.2 Å². The Morgan fingerprint density at radius 3 is 1.52 bits per heavy atom. The van der Waals surface area contributed by atoms with Crippen LogP contribution in [-0.2, 0) is 14.3 Å². The Bertz CT molecular complexity index is 359. The lowest BCUT2D eigenvalue weighted by atomic mass is 10.1. The molecule has 186 valence electrons. The van der Waals surface area contributed by atoms with Gasteiger partial charge in [-0.15, -0.1) is 0 Å². The normalized spacial score (nSPS) is 12.2. The lowest BCUT2D eigenvalue weighted by Gasteiger charge is -2.12. The number of ether oxygens (including phenoxy) is 2. The van der Waals surface area contributed by atoms with E-state index < -0.39 is 6.10 Å². The highest BCUT2D eigenvalue weighted by Crippen LogP contribution is 2.12. The summed E-state index contributed by atoms with van der Waals surface area (Å²) in [6.07, 6.45) is 23.9. The standard InChI is InChI=1S/C27H54O4/c1-3-5-7-9-11-13-15-17-19-21-23-30-24-26(28)25-31-27(29)22-20-18-16-14-12-10-8-6-4-2/h26,28H,3-25H2,1-2H3. The van der Waals surface area contributed by atoms with Gasteiger partial charge >= 0.3 is 5.97 Å². The monoisotopic (exact) mass is 442 g/mol. The molecule has 31 heavy (non-hydrogen) atoms. The van der Waals surface area contributed by atoms with Crippen LogP contribution < -0.4 is 0 Å². The van der Waals surface area contributed by atoms with Crippen molar-refractivity contribution in [1.82, 2.24) is 0 Å². The number of aliphatic hydroxyl groups is 1. The van der Waals surface area contributed by atoms with Gasteiger partial charge < -0.3 is 14.6 Å². The number of esters is 1. The van der Waals surface area contributed by atoms with Gasteiger partial charge in [-0.25, -0.2) is 0 Å². The minimum atomic E-state index is -0.713. The van der Waals surface area contributed by atoms with Crippen molar-refractivity contribution in [2.45, 2.75) is 148 Å². The van der Waals surface area contributed by atoms with Gasteiger partial charge in [0.25, 0.3) is 0 Å². The largest absolute Gasteiger partial charge is 0.463 e. The molecule has 0 aromatic rings. The second-order valence-corrected chi connectivity index (χ2v) is 9.17. The van der Waals surface area contributed by atoms with Gasteiger partial charge in [-0.05, 0) is 12.8 Å². The first-order chi connectivity index (χ1) is 15.2. The molecule has 0 heterocycles. The first-order valence-corrected chi connectivity index (χ1v) is 13.6. The summed E-state index contributed by atoms with van der Waals surface area (Å²) in [5.74, 6) is -0.198. The van der Waals surface area contributed by atoms with Crippen molar-refractivity contribution in [2.75, 3.05) is 19.8 Å². The Morgan fingerprint density at radius 1 is 0.613 bits per heavy atom. The van der Waals surface area contributed by atoms with E-state index in [9.17, 15) is 9.90 Å². The topological polar surface area (TPSA) is 55.8 Å². The van der Waals surface area contributed by atoms with Crippen LogP contribution >= 0.6 is 0 Å². The fourth-order valence-corrected chi connectivity index (χ4v) is 3.80. The van der Waals surface area contributed by atoms with Crippen molar-refractivity contribution < 1.29 is 19.4 Å². The minimum absolute atomic E-state index is 0.0499. The smallest absolute Gasteiger partial charge is 0.305 e. The van der Waals surface area contributed by atoms with Gasteiger partial charge in [-0.3, -0.25) is 4.79 Å². The maximum Gasteiger partial charge on any atom is 0.305 e. The SMILES string of the molecule is CCCCCCCCCCCCOCC(O)COC(=O)CCCCCCCCCCC. The third-order valence-corrected chi connectivity index (χ3v) is 5.87. The molecule has 1 N–H and O–H groups in total. The van der Waals surface area contributed by atoms with Crippen molar-refractivity contribution >= 4 is 5.97 Å². The van der Waals surface area contributed by atoms with E-state index in [4.69, 9.17) is 9.47 Å². The first-order valence-electron chi connectivity index (χ1n) is 13.6. The summed E-state index contributed by atoms with van der Waals surface area (Å²) in [6.45, 7) is 5.48. The predicted molar refractivity (Wildman–Crippen MR) is 131 cm³/mol. The van der Waals surface area contributed by atoms with Crippen LogP contribution in [0.25, 0.3) is 0 Å². The number of rotatable bonds is 25. The Kier molecular flexibility index (Phi) is 25.1. The second-order valence-electron chi connectivity index (χ2n) is 9.17. The average molecular weight is 443 g/mol. The zero-order valence-electron chi connectivity index (χ0n) is 21.0. The van der Waals surface area contributed by atoms with E-state index in [2.05, 4.69) is 13.8 Å². The Balaban J connectivity index is 3.29. The second kappa shape index (κ2) is 25.6. The molecule has 0 aromatic heterocycles. The van der Waals surface area contributed by atoms with Crippen molar-refractivity contribution in [2.24, 2.45) is 0 Å². The number of carbonyl (C=O) groups is 1. The maximum absolute atomic E-state index is 11.8. The van der Waals surface area contributed by atoms with Crippen LogP contribution in [-0.4, -0.2) is 37.0 Å². The highest BCUT2D eigenvalue weighted by Gasteiger charge is 2.09. The minimum Gasteiger partial charge on any atom is -0.463 e. The molecular formula is C27H54O4. The average Bonchev–Trinajstić information content (AvgIpc) is 2.77. The molecule has 0 saturated carbocycles. The number of hydrogen-bond donors (Lipinski definition) is 1. The van der Waals surface area contributed by atoms with Gasteiger partial charge in [0.05, 0.1) is 6.61 Å². The van der Waals surface area contributed by atoms with E-state index in [1.165, 1.54) is 103 Å². The Labute approximate surface area is 193 Å².